The van der Waals surface area contributed by atoms with Crippen LogP contribution in [0.5, 0.6) is 5.75 Å². The van der Waals surface area contributed by atoms with Crippen molar-refractivity contribution < 1.29 is 19.2 Å². The Balaban J connectivity index is 2.14. The number of methoxy groups -OCH3 is 1. The number of anilines is 2. The summed E-state index contributed by atoms with van der Waals surface area (Å²) in [7, 11) is 3.52. The van der Waals surface area contributed by atoms with Crippen LogP contribution in [0.4, 0.5) is 10.8 Å². The third kappa shape index (κ3) is 5.77. The summed E-state index contributed by atoms with van der Waals surface area (Å²) in [5.41, 5.74) is 1.50. The zero-order valence-corrected chi connectivity index (χ0v) is 17.2. The zero-order chi connectivity index (χ0) is 20.0. The normalized spacial score (nSPS) is 11.9. The van der Waals surface area contributed by atoms with Gasteiger partial charge in [0.15, 0.2) is 11.7 Å². The van der Waals surface area contributed by atoms with Crippen LogP contribution in [-0.2, 0) is 16.1 Å². The third-order valence-electron chi connectivity index (χ3n) is 3.77. The molecule has 8 heteroatoms. The molecular weight excluding hydrogens is 364 g/mol. The average molecular weight is 392 g/mol. The highest BCUT2D eigenvalue weighted by molar-refractivity contribution is 7.14. The number of amides is 2. The number of benzene rings is 1. The molecule has 0 aliphatic carbocycles. The van der Waals surface area contributed by atoms with E-state index < -0.39 is 0 Å². The third-order valence-corrected chi connectivity index (χ3v) is 4.64. The first-order valence-corrected chi connectivity index (χ1v) is 9.68. The van der Waals surface area contributed by atoms with E-state index >= 15 is 0 Å². The molecule has 2 rings (SSSR count). The summed E-state index contributed by atoms with van der Waals surface area (Å²) in [4.78, 5) is 31.3. The molecule has 0 radical (unpaired) electrons. The minimum Gasteiger partial charge on any atom is -0.495 e. The summed E-state index contributed by atoms with van der Waals surface area (Å²) in [5.74, 6) is 0.479. The Hall–Kier alpha value is -2.45. The fourth-order valence-corrected chi connectivity index (χ4v) is 3.60. The molecule has 1 heterocycles. The van der Waals surface area contributed by atoms with E-state index in [1.165, 1.54) is 18.3 Å². The second-order valence-corrected chi connectivity index (χ2v) is 7.52. The van der Waals surface area contributed by atoms with Gasteiger partial charge in [0.25, 0.3) is 5.91 Å². The van der Waals surface area contributed by atoms with E-state index in [1.54, 1.807) is 12.0 Å². The molecule has 0 fully saturated rings. The van der Waals surface area contributed by atoms with Crippen LogP contribution < -0.4 is 19.9 Å². The van der Waals surface area contributed by atoms with E-state index in [-0.39, 0.29) is 17.9 Å². The van der Waals surface area contributed by atoms with Gasteiger partial charge in [0.2, 0.25) is 5.91 Å². The standard InChI is InChI=1S/C19H26N4O3S/c1-13(2)20-18(25)11-22(4)10-15-12-27-19(21-15)23(14(3)24)16-8-6-7-9-17(16)26-5/h6-9,12-13H,10-11H2,1-5H3,(H,20,25)/p+1. The summed E-state index contributed by atoms with van der Waals surface area (Å²) in [6, 6.07) is 7.48. The van der Waals surface area contributed by atoms with Crippen LogP contribution in [-0.4, -0.2) is 43.5 Å². The number of thiazole rings is 1. The number of nitrogens with one attached hydrogen (secondary N) is 2. The number of likely N-dealkylation sites (N-methyl/N-ethyl adjacent to an activating group) is 1. The Morgan fingerprint density at radius 2 is 2.04 bits per heavy atom. The molecule has 0 saturated heterocycles. The van der Waals surface area contributed by atoms with Gasteiger partial charge in [-0.2, -0.15) is 0 Å². The predicted octanol–water partition coefficient (Wildman–Crippen LogP) is 1.38. The second kappa shape index (κ2) is 9.48. The number of para-hydroxylation sites is 2. The molecule has 0 spiro atoms. The van der Waals surface area contributed by atoms with Crippen molar-refractivity contribution in [1.82, 2.24) is 10.3 Å². The number of carbonyl (C=O) groups is 2. The van der Waals surface area contributed by atoms with Gasteiger partial charge in [-0.3, -0.25) is 14.5 Å². The molecule has 1 aromatic carbocycles. The molecular formula is C19H27N4O3S+. The van der Waals surface area contributed by atoms with Crippen molar-refractivity contribution >= 4 is 34.0 Å². The molecule has 0 aliphatic rings. The van der Waals surface area contributed by atoms with Gasteiger partial charge in [-0.05, 0) is 26.0 Å². The SMILES string of the molecule is COc1ccccc1N(C(C)=O)c1nc(C[NH+](C)CC(=O)NC(C)C)cs1. The molecule has 1 aromatic heterocycles. The summed E-state index contributed by atoms with van der Waals surface area (Å²) < 4.78 is 5.38. The van der Waals surface area contributed by atoms with Gasteiger partial charge < -0.3 is 15.0 Å². The molecule has 7 nitrogen and oxygen atoms in total. The molecule has 27 heavy (non-hydrogen) atoms. The first-order valence-electron chi connectivity index (χ1n) is 8.80. The summed E-state index contributed by atoms with van der Waals surface area (Å²) in [5, 5.41) is 5.39. The number of nitrogens with zero attached hydrogens (tertiary/aromatic N) is 2. The van der Waals surface area contributed by atoms with Crippen LogP contribution in [0.15, 0.2) is 29.6 Å². The average Bonchev–Trinajstić information content (AvgIpc) is 3.01. The van der Waals surface area contributed by atoms with Crippen molar-refractivity contribution in [3.63, 3.8) is 0 Å². The second-order valence-electron chi connectivity index (χ2n) is 6.68. The van der Waals surface area contributed by atoms with Gasteiger partial charge in [-0.15, -0.1) is 11.3 Å². The van der Waals surface area contributed by atoms with Crippen molar-refractivity contribution in [3.8, 4) is 5.75 Å². The van der Waals surface area contributed by atoms with Crippen LogP contribution in [0.3, 0.4) is 0 Å². The lowest BCUT2D eigenvalue weighted by atomic mass is 10.2. The van der Waals surface area contributed by atoms with Gasteiger partial charge in [0.1, 0.15) is 18.0 Å². The zero-order valence-electron chi connectivity index (χ0n) is 16.4. The lowest BCUT2D eigenvalue weighted by Crippen LogP contribution is -3.09. The van der Waals surface area contributed by atoms with E-state index in [9.17, 15) is 9.59 Å². The Labute approximate surface area is 164 Å². The van der Waals surface area contributed by atoms with Crippen molar-refractivity contribution in [2.45, 2.75) is 33.4 Å². The first-order chi connectivity index (χ1) is 12.8. The smallest absolute Gasteiger partial charge is 0.275 e. The summed E-state index contributed by atoms with van der Waals surface area (Å²) >= 11 is 1.40. The largest absolute Gasteiger partial charge is 0.495 e. The molecule has 2 amide bonds. The van der Waals surface area contributed by atoms with E-state index in [0.29, 0.717) is 29.7 Å². The minimum atomic E-state index is -0.141. The Kier molecular flexibility index (Phi) is 7.32. The topological polar surface area (TPSA) is 76.0 Å². The van der Waals surface area contributed by atoms with Crippen LogP contribution in [0, 0.1) is 0 Å². The van der Waals surface area contributed by atoms with E-state index in [0.717, 1.165) is 10.6 Å². The van der Waals surface area contributed by atoms with Crippen molar-refractivity contribution in [2.75, 3.05) is 25.6 Å². The molecule has 1 unspecified atom stereocenters. The Morgan fingerprint density at radius 1 is 1.33 bits per heavy atom. The van der Waals surface area contributed by atoms with E-state index in [2.05, 4.69) is 10.3 Å². The number of rotatable bonds is 8. The number of hydrogen-bond acceptors (Lipinski definition) is 5. The lowest BCUT2D eigenvalue weighted by Gasteiger charge is -2.20. The van der Waals surface area contributed by atoms with Crippen LogP contribution in [0.2, 0.25) is 0 Å². The molecule has 2 aromatic rings. The summed E-state index contributed by atoms with van der Waals surface area (Å²) in [6.07, 6.45) is 0. The Bertz CT molecular complexity index is 791. The molecule has 2 N–H and O–H groups in total. The van der Waals surface area contributed by atoms with Crippen LogP contribution in [0.1, 0.15) is 26.5 Å². The summed E-state index contributed by atoms with van der Waals surface area (Å²) in [6.45, 7) is 6.34. The predicted molar refractivity (Wildman–Crippen MR) is 107 cm³/mol. The van der Waals surface area contributed by atoms with Gasteiger partial charge >= 0.3 is 0 Å². The molecule has 0 saturated carbocycles. The first kappa shape index (κ1) is 20.9. The number of aromatic nitrogens is 1. The van der Waals surface area contributed by atoms with Crippen molar-refractivity contribution in [3.05, 3.63) is 35.3 Å². The van der Waals surface area contributed by atoms with Gasteiger partial charge in [0, 0.05) is 18.3 Å². The lowest BCUT2D eigenvalue weighted by molar-refractivity contribution is -0.885. The van der Waals surface area contributed by atoms with Crippen molar-refractivity contribution in [1.29, 1.82) is 0 Å². The number of carbonyl (C=O) groups excluding carboxylic acids is 2. The maximum Gasteiger partial charge on any atom is 0.275 e. The maximum absolute atomic E-state index is 12.3. The van der Waals surface area contributed by atoms with Gasteiger partial charge in [0.05, 0.1) is 19.8 Å². The minimum absolute atomic E-state index is 0.0114. The fraction of sp³-hybridized carbons (Fsp3) is 0.421. The van der Waals surface area contributed by atoms with E-state index in [1.807, 2.05) is 50.5 Å². The number of hydrogen-bond donors (Lipinski definition) is 2. The molecule has 0 aliphatic heterocycles. The molecule has 146 valence electrons. The van der Waals surface area contributed by atoms with Gasteiger partial charge in [-0.1, -0.05) is 12.1 Å². The highest BCUT2D eigenvalue weighted by atomic mass is 32.1. The van der Waals surface area contributed by atoms with Crippen molar-refractivity contribution in [2.24, 2.45) is 0 Å². The highest BCUT2D eigenvalue weighted by Gasteiger charge is 2.22. The Morgan fingerprint density at radius 3 is 2.67 bits per heavy atom. The van der Waals surface area contributed by atoms with Gasteiger partial charge in [-0.25, -0.2) is 4.98 Å². The number of ether oxygens (including phenoxy) is 1. The van der Waals surface area contributed by atoms with Crippen LogP contribution in [0.25, 0.3) is 0 Å². The van der Waals surface area contributed by atoms with E-state index in [4.69, 9.17) is 4.74 Å². The highest BCUT2D eigenvalue weighted by Crippen LogP contribution is 2.35. The number of quaternary nitrogens is 1. The van der Waals surface area contributed by atoms with Crippen LogP contribution >= 0.6 is 11.3 Å². The quantitative estimate of drug-likeness (QED) is 0.713. The maximum atomic E-state index is 12.3. The monoisotopic (exact) mass is 391 g/mol. The molecule has 0 bridgehead atoms. The molecule has 1 atom stereocenters. The fourth-order valence-electron chi connectivity index (χ4n) is 2.72.